The van der Waals surface area contributed by atoms with Gasteiger partial charge in [-0.3, -0.25) is 19.5 Å². The summed E-state index contributed by atoms with van der Waals surface area (Å²) >= 11 is 1.62. The Balaban J connectivity index is 1.49. The number of carbonyl (C=O) groups is 2. The lowest BCUT2D eigenvalue weighted by Gasteiger charge is -2.42. The number of aliphatic imine (C=N–C) groups is 1. The summed E-state index contributed by atoms with van der Waals surface area (Å²) in [6, 6.07) is 8.88. The second-order valence-electron chi connectivity index (χ2n) is 10.8. The maximum atomic E-state index is 14.1. The van der Waals surface area contributed by atoms with E-state index < -0.39 is 0 Å². The van der Waals surface area contributed by atoms with Crippen LogP contribution in [0.15, 0.2) is 29.3 Å². The van der Waals surface area contributed by atoms with Gasteiger partial charge in [0.1, 0.15) is 18.1 Å². The highest BCUT2D eigenvalue weighted by Gasteiger charge is 2.36. The predicted octanol–water partition coefficient (Wildman–Crippen LogP) is 6.35. The average molecular weight is 506 g/mol. The van der Waals surface area contributed by atoms with Crippen molar-refractivity contribution < 1.29 is 9.59 Å². The molecule has 0 radical (unpaired) electrons. The Morgan fingerprint density at radius 1 is 0.972 bits per heavy atom. The zero-order chi connectivity index (χ0) is 25.2. The maximum Gasteiger partial charge on any atom is 0.249 e. The normalized spacial score (nSPS) is 19.6. The van der Waals surface area contributed by atoms with Gasteiger partial charge in [-0.15, -0.1) is 11.3 Å². The molecule has 0 N–H and O–H groups in total. The third-order valence-electron chi connectivity index (χ3n) is 8.44. The first-order valence-corrected chi connectivity index (χ1v) is 14.6. The van der Waals surface area contributed by atoms with Crippen LogP contribution < -0.4 is 4.90 Å². The SMILES string of the molecule is Cc1ccccc1C1=NCC(=O)N(CC(=O)N(C2CCCCC2)C2CCCCC2)c2sc(C)c(C)c21. The lowest BCUT2D eigenvalue weighted by Crippen LogP contribution is -2.53. The minimum absolute atomic E-state index is 0.0731. The van der Waals surface area contributed by atoms with Gasteiger partial charge in [0, 0.05) is 28.1 Å². The number of thiophene rings is 1. The van der Waals surface area contributed by atoms with Gasteiger partial charge >= 0.3 is 0 Å². The van der Waals surface area contributed by atoms with Crippen LogP contribution in [0.1, 0.15) is 91.3 Å². The third kappa shape index (κ3) is 4.89. The number of anilines is 1. The first-order valence-electron chi connectivity index (χ1n) is 13.8. The number of carbonyl (C=O) groups excluding carboxylic acids is 2. The van der Waals surface area contributed by atoms with Crippen molar-refractivity contribution in [2.75, 3.05) is 18.0 Å². The summed E-state index contributed by atoms with van der Waals surface area (Å²) < 4.78 is 0. The van der Waals surface area contributed by atoms with Crippen LogP contribution in [0.4, 0.5) is 5.00 Å². The van der Waals surface area contributed by atoms with Crippen molar-refractivity contribution in [2.45, 2.75) is 97.1 Å². The molecule has 0 bridgehead atoms. The molecule has 2 heterocycles. The molecule has 5 nitrogen and oxygen atoms in total. The van der Waals surface area contributed by atoms with E-state index >= 15 is 0 Å². The number of rotatable bonds is 5. The second kappa shape index (κ2) is 10.9. The zero-order valence-corrected chi connectivity index (χ0v) is 22.8. The summed E-state index contributed by atoms with van der Waals surface area (Å²) in [4.78, 5) is 37.6. The number of fused-ring (bicyclic) bond motifs is 1. The van der Waals surface area contributed by atoms with Crippen LogP contribution in [-0.2, 0) is 9.59 Å². The monoisotopic (exact) mass is 505 g/mol. The van der Waals surface area contributed by atoms with Crippen molar-refractivity contribution in [1.29, 1.82) is 0 Å². The molecule has 3 aliphatic rings. The first-order chi connectivity index (χ1) is 17.5. The molecule has 0 saturated heterocycles. The number of benzene rings is 1. The molecule has 1 aliphatic heterocycles. The van der Waals surface area contributed by atoms with Crippen molar-refractivity contribution in [1.82, 2.24) is 4.90 Å². The smallest absolute Gasteiger partial charge is 0.249 e. The number of nitrogens with zero attached hydrogens (tertiary/aromatic N) is 3. The molecular weight excluding hydrogens is 466 g/mol. The van der Waals surface area contributed by atoms with Gasteiger partial charge in [0.05, 0.1) is 5.71 Å². The van der Waals surface area contributed by atoms with Gasteiger partial charge < -0.3 is 4.90 Å². The Morgan fingerprint density at radius 3 is 2.19 bits per heavy atom. The molecule has 2 fully saturated rings. The zero-order valence-electron chi connectivity index (χ0n) is 22.0. The lowest BCUT2D eigenvalue weighted by molar-refractivity contribution is -0.137. The van der Waals surface area contributed by atoms with E-state index in [1.807, 2.05) is 12.1 Å². The van der Waals surface area contributed by atoms with E-state index in [0.29, 0.717) is 12.1 Å². The summed E-state index contributed by atoms with van der Waals surface area (Å²) in [6.45, 7) is 6.50. The minimum Gasteiger partial charge on any atom is -0.335 e. The highest BCUT2D eigenvalue weighted by Crippen LogP contribution is 2.39. The van der Waals surface area contributed by atoms with Crippen LogP contribution in [0.5, 0.6) is 0 Å². The molecule has 6 heteroatoms. The van der Waals surface area contributed by atoms with Gasteiger partial charge in [-0.05, 0) is 57.6 Å². The Bertz CT molecular complexity index is 1140. The second-order valence-corrected chi connectivity index (χ2v) is 12.0. The highest BCUT2D eigenvalue weighted by atomic mass is 32.1. The summed E-state index contributed by atoms with van der Waals surface area (Å²) in [5, 5.41) is 0.884. The van der Waals surface area contributed by atoms with E-state index in [1.54, 1.807) is 16.2 Å². The fraction of sp³-hybridized carbons (Fsp3) is 0.567. The summed E-state index contributed by atoms with van der Waals surface area (Å²) in [5.74, 6) is 0.0396. The lowest BCUT2D eigenvalue weighted by atomic mass is 9.88. The van der Waals surface area contributed by atoms with E-state index in [9.17, 15) is 9.59 Å². The van der Waals surface area contributed by atoms with Gasteiger partial charge in [0.25, 0.3) is 0 Å². The van der Waals surface area contributed by atoms with Crippen LogP contribution in [0, 0.1) is 20.8 Å². The fourth-order valence-electron chi connectivity index (χ4n) is 6.36. The fourth-order valence-corrected chi connectivity index (χ4v) is 7.54. The summed E-state index contributed by atoms with van der Waals surface area (Å²) in [6.07, 6.45) is 11.7. The van der Waals surface area contributed by atoms with Crippen LogP contribution in [0.3, 0.4) is 0 Å². The molecule has 0 unspecified atom stereocenters. The number of hydrogen-bond acceptors (Lipinski definition) is 4. The Kier molecular flexibility index (Phi) is 7.61. The molecule has 1 aromatic carbocycles. The van der Waals surface area contributed by atoms with Crippen LogP contribution in [0.2, 0.25) is 0 Å². The van der Waals surface area contributed by atoms with Gasteiger partial charge in [0.2, 0.25) is 11.8 Å². The van der Waals surface area contributed by atoms with E-state index in [4.69, 9.17) is 4.99 Å². The van der Waals surface area contributed by atoms with Gasteiger partial charge in [-0.2, -0.15) is 0 Å². The number of hydrogen-bond donors (Lipinski definition) is 0. The minimum atomic E-state index is -0.0818. The molecule has 0 spiro atoms. The average Bonchev–Trinajstić information content (AvgIpc) is 3.11. The molecule has 2 aromatic rings. The van der Waals surface area contributed by atoms with Crippen molar-refractivity contribution >= 4 is 33.9 Å². The van der Waals surface area contributed by atoms with Crippen LogP contribution >= 0.6 is 11.3 Å². The molecule has 2 aliphatic carbocycles. The molecule has 1 aromatic heterocycles. The predicted molar refractivity (Wildman–Crippen MR) is 148 cm³/mol. The molecule has 5 rings (SSSR count). The van der Waals surface area contributed by atoms with E-state index in [2.05, 4.69) is 37.8 Å². The molecule has 2 amide bonds. The summed E-state index contributed by atoms with van der Waals surface area (Å²) in [7, 11) is 0. The quantitative estimate of drug-likeness (QED) is 0.475. The Morgan fingerprint density at radius 2 is 1.58 bits per heavy atom. The van der Waals surface area contributed by atoms with Gasteiger partial charge in [0.15, 0.2) is 0 Å². The van der Waals surface area contributed by atoms with Gasteiger partial charge in [-0.1, -0.05) is 62.8 Å². The number of aryl methyl sites for hydroxylation is 2. The first kappa shape index (κ1) is 25.2. The number of amides is 2. The molecule has 192 valence electrons. The van der Waals surface area contributed by atoms with Crippen molar-refractivity contribution in [3.8, 4) is 0 Å². The molecule has 0 atom stereocenters. The van der Waals surface area contributed by atoms with Crippen molar-refractivity contribution in [2.24, 2.45) is 4.99 Å². The maximum absolute atomic E-state index is 14.1. The topological polar surface area (TPSA) is 53.0 Å². The van der Waals surface area contributed by atoms with E-state index in [1.165, 1.54) is 43.4 Å². The standard InChI is InChI=1S/C30H39N3O2S/c1-20-12-10-11-17-25(20)29-28-21(2)22(3)36-30(28)32(26(34)18-31-29)19-27(35)33(23-13-6-4-7-14-23)24-15-8-5-9-16-24/h10-12,17,23-24H,4-9,13-16,18-19H2,1-3H3. The molecule has 36 heavy (non-hydrogen) atoms. The van der Waals surface area contributed by atoms with Crippen LogP contribution in [-0.4, -0.2) is 47.6 Å². The Labute approximate surface area is 219 Å². The van der Waals surface area contributed by atoms with Crippen LogP contribution in [0.25, 0.3) is 0 Å². The largest absolute Gasteiger partial charge is 0.335 e. The van der Waals surface area contributed by atoms with E-state index in [0.717, 1.165) is 58.6 Å². The van der Waals surface area contributed by atoms with Gasteiger partial charge in [-0.25, -0.2) is 0 Å². The summed E-state index contributed by atoms with van der Waals surface area (Å²) in [5.41, 5.74) is 5.26. The third-order valence-corrected chi connectivity index (χ3v) is 9.67. The van der Waals surface area contributed by atoms with Crippen molar-refractivity contribution in [3.05, 3.63) is 51.4 Å². The van der Waals surface area contributed by atoms with E-state index in [-0.39, 0.29) is 24.9 Å². The molecular formula is C30H39N3O2S. The highest BCUT2D eigenvalue weighted by molar-refractivity contribution is 7.17. The molecule has 2 saturated carbocycles. The van der Waals surface area contributed by atoms with Crippen molar-refractivity contribution in [3.63, 3.8) is 0 Å². The Hall–Kier alpha value is -2.47.